The number of anilines is 1. The van der Waals surface area contributed by atoms with Crippen LogP contribution >= 0.6 is 0 Å². The molecule has 0 aromatic heterocycles. The van der Waals surface area contributed by atoms with Gasteiger partial charge in [-0.3, -0.25) is 4.21 Å². The van der Waals surface area contributed by atoms with Crippen molar-refractivity contribution < 1.29 is 8.60 Å². The van der Waals surface area contributed by atoms with Crippen LogP contribution in [0.5, 0.6) is 0 Å². The van der Waals surface area contributed by atoms with Gasteiger partial charge in [0.05, 0.1) is 28.2 Å². The first-order chi connectivity index (χ1) is 9.49. The van der Waals surface area contributed by atoms with Gasteiger partial charge in [-0.2, -0.15) is 5.26 Å². The lowest BCUT2D eigenvalue weighted by atomic mass is 10.1. The number of nitrogens with two attached hydrogens (primary N) is 1. The van der Waals surface area contributed by atoms with E-state index in [0.29, 0.717) is 10.5 Å². The van der Waals surface area contributed by atoms with E-state index < -0.39 is 16.6 Å². The molecule has 0 bridgehead atoms. The molecule has 2 rings (SSSR count). The monoisotopic (exact) mass is 288 g/mol. The molecule has 0 saturated heterocycles. The first kappa shape index (κ1) is 14.2. The highest BCUT2D eigenvalue weighted by Gasteiger charge is 2.10. The van der Waals surface area contributed by atoms with Crippen LogP contribution in [0.1, 0.15) is 16.7 Å². The van der Waals surface area contributed by atoms with Crippen LogP contribution in [0.3, 0.4) is 0 Å². The van der Waals surface area contributed by atoms with Gasteiger partial charge in [0.15, 0.2) is 0 Å². The lowest BCUT2D eigenvalue weighted by molar-refractivity contribution is 0.623. The van der Waals surface area contributed by atoms with Gasteiger partial charge in [-0.15, -0.1) is 0 Å². The summed E-state index contributed by atoms with van der Waals surface area (Å²) in [7, 11) is -1.38. The molecule has 0 radical (unpaired) electrons. The highest BCUT2D eigenvalue weighted by molar-refractivity contribution is 7.84. The molecule has 20 heavy (non-hydrogen) atoms. The Morgan fingerprint density at radius 3 is 2.65 bits per heavy atom. The topological polar surface area (TPSA) is 66.9 Å². The Kier molecular flexibility index (Phi) is 4.16. The summed E-state index contributed by atoms with van der Waals surface area (Å²) < 4.78 is 25.5. The van der Waals surface area contributed by atoms with E-state index in [-0.39, 0.29) is 11.4 Å². The van der Waals surface area contributed by atoms with Gasteiger partial charge in [-0.25, -0.2) is 4.39 Å². The zero-order chi connectivity index (χ0) is 14.7. The Morgan fingerprint density at radius 1 is 1.30 bits per heavy atom. The van der Waals surface area contributed by atoms with Crippen LogP contribution in [-0.4, -0.2) is 4.21 Å². The van der Waals surface area contributed by atoms with E-state index in [1.165, 1.54) is 18.2 Å². The minimum atomic E-state index is -1.38. The van der Waals surface area contributed by atoms with Gasteiger partial charge >= 0.3 is 0 Å². The zero-order valence-electron chi connectivity index (χ0n) is 10.9. The van der Waals surface area contributed by atoms with Crippen molar-refractivity contribution in [3.8, 4) is 6.07 Å². The number of hydrogen-bond donors (Lipinski definition) is 1. The highest BCUT2D eigenvalue weighted by atomic mass is 32.2. The molecule has 0 spiro atoms. The minimum absolute atomic E-state index is 0.255. The number of aryl methyl sites for hydroxylation is 1. The van der Waals surface area contributed by atoms with Crippen molar-refractivity contribution in [1.82, 2.24) is 0 Å². The van der Waals surface area contributed by atoms with Gasteiger partial charge < -0.3 is 5.73 Å². The normalized spacial score (nSPS) is 11.8. The Bertz CT molecular complexity index is 702. The number of rotatable bonds is 3. The predicted molar refractivity (Wildman–Crippen MR) is 76.8 cm³/mol. The highest BCUT2D eigenvalue weighted by Crippen LogP contribution is 2.19. The Morgan fingerprint density at radius 2 is 2.05 bits per heavy atom. The van der Waals surface area contributed by atoms with E-state index >= 15 is 0 Å². The smallest absolute Gasteiger partial charge is 0.126 e. The first-order valence-electron chi connectivity index (χ1n) is 5.93. The van der Waals surface area contributed by atoms with E-state index in [9.17, 15) is 8.60 Å². The molecular formula is C15H13FN2OS. The van der Waals surface area contributed by atoms with E-state index in [4.69, 9.17) is 11.0 Å². The van der Waals surface area contributed by atoms with Crippen LogP contribution in [0.2, 0.25) is 0 Å². The van der Waals surface area contributed by atoms with E-state index in [1.807, 2.05) is 6.92 Å². The van der Waals surface area contributed by atoms with Crippen LogP contribution < -0.4 is 5.73 Å². The van der Waals surface area contributed by atoms with Crippen LogP contribution in [0.15, 0.2) is 41.3 Å². The average molecular weight is 288 g/mol. The van der Waals surface area contributed by atoms with Crippen molar-refractivity contribution in [1.29, 1.82) is 5.26 Å². The molecule has 0 aliphatic heterocycles. The number of nitrogens with zero attached hydrogens (tertiary/aromatic N) is 1. The lowest BCUT2D eigenvalue weighted by Crippen LogP contribution is -2.00. The van der Waals surface area contributed by atoms with Crippen LogP contribution in [0.25, 0.3) is 0 Å². The van der Waals surface area contributed by atoms with Crippen molar-refractivity contribution in [2.45, 2.75) is 17.6 Å². The molecule has 102 valence electrons. The molecule has 5 heteroatoms. The van der Waals surface area contributed by atoms with Crippen molar-refractivity contribution in [3.63, 3.8) is 0 Å². The second-order valence-corrected chi connectivity index (χ2v) is 5.91. The molecule has 2 N–H and O–H groups in total. The Labute approximate surface area is 119 Å². The average Bonchev–Trinajstić information content (AvgIpc) is 2.39. The molecule has 1 unspecified atom stereocenters. The predicted octanol–water partition coefficient (Wildman–Crippen LogP) is 2.90. The molecule has 0 heterocycles. The second-order valence-electron chi connectivity index (χ2n) is 4.46. The molecule has 0 aliphatic carbocycles. The summed E-state index contributed by atoms with van der Waals surface area (Å²) in [6.07, 6.45) is 0. The third kappa shape index (κ3) is 3.22. The van der Waals surface area contributed by atoms with Crippen LogP contribution in [0, 0.1) is 24.1 Å². The maximum atomic E-state index is 13.3. The van der Waals surface area contributed by atoms with E-state index in [1.54, 1.807) is 18.2 Å². The summed E-state index contributed by atoms with van der Waals surface area (Å²) in [5.74, 6) is -0.231. The molecule has 0 fully saturated rings. The maximum Gasteiger partial charge on any atom is 0.126 e. The van der Waals surface area contributed by atoms with Crippen molar-refractivity contribution >= 4 is 16.5 Å². The van der Waals surface area contributed by atoms with Crippen LogP contribution in [-0.2, 0) is 16.6 Å². The van der Waals surface area contributed by atoms with Gasteiger partial charge in [0, 0.05) is 10.6 Å². The number of nitrogen functional groups attached to an aromatic ring is 1. The molecule has 0 saturated carbocycles. The molecular weight excluding hydrogens is 275 g/mol. The van der Waals surface area contributed by atoms with Crippen molar-refractivity contribution in [2.75, 3.05) is 5.73 Å². The summed E-state index contributed by atoms with van der Waals surface area (Å²) in [6.45, 7) is 1.85. The summed E-state index contributed by atoms with van der Waals surface area (Å²) >= 11 is 0. The van der Waals surface area contributed by atoms with Gasteiger partial charge in [0.2, 0.25) is 0 Å². The molecule has 1 atom stereocenters. The lowest BCUT2D eigenvalue weighted by Gasteiger charge is -2.07. The third-order valence-electron chi connectivity index (χ3n) is 2.91. The minimum Gasteiger partial charge on any atom is -0.399 e. The fourth-order valence-corrected chi connectivity index (χ4v) is 3.15. The number of nitriles is 1. The van der Waals surface area contributed by atoms with Gasteiger partial charge in [0.25, 0.3) is 0 Å². The van der Waals surface area contributed by atoms with E-state index in [0.717, 1.165) is 11.1 Å². The SMILES string of the molecule is Cc1cc(C#N)ccc1CS(=O)c1cc(N)cc(F)c1. The summed E-state index contributed by atoms with van der Waals surface area (Å²) in [4.78, 5) is 0.367. The molecule has 2 aromatic carbocycles. The van der Waals surface area contributed by atoms with Gasteiger partial charge in [0.1, 0.15) is 5.82 Å². The zero-order valence-corrected chi connectivity index (χ0v) is 11.7. The Hall–Kier alpha value is -2.19. The fraction of sp³-hybridized carbons (Fsp3) is 0.133. The number of halogens is 1. The molecule has 0 aliphatic rings. The third-order valence-corrected chi connectivity index (χ3v) is 4.25. The summed E-state index contributed by atoms with van der Waals surface area (Å²) in [6, 6.07) is 11.2. The molecule has 0 amide bonds. The Balaban J connectivity index is 2.26. The fourth-order valence-electron chi connectivity index (χ4n) is 1.87. The first-order valence-corrected chi connectivity index (χ1v) is 7.25. The number of hydrogen-bond acceptors (Lipinski definition) is 3. The molecule has 2 aromatic rings. The summed E-state index contributed by atoms with van der Waals surface area (Å²) in [5, 5.41) is 8.81. The quantitative estimate of drug-likeness (QED) is 0.883. The van der Waals surface area contributed by atoms with Gasteiger partial charge in [-0.05, 0) is 48.4 Å². The van der Waals surface area contributed by atoms with Crippen molar-refractivity contribution in [3.05, 3.63) is 58.9 Å². The second kappa shape index (κ2) is 5.85. The maximum absolute atomic E-state index is 13.3. The van der Waals surface area contributed by atoms with Crippen molar-refractivity contribution in [2.24, 2.45) is 0 Å². The standard InChI is InChI=1S/C15H13FN2OS/c1-10-4-11(8-17)2-3-12(10)9-20(19)15-6-13(16)5-14(18)7-15/h2-7H,9,18H2,1H3. The summed E-state index contributed by atoms with van der Waals surface area (Å²) in [5.41, 5.74) is 8.12. The van der Waals surface area contributed by atoms with Gasteiger partial charge in [-0.1, -0.05) is 6.07 Å². The number of benzene rings is 2. The van der Waals surface area contributed by atoms with Crippen LogP contribution in [0.4, 0.5) is 10.1 Å². The van der Waals surface area contributed by atoms with E-state index in [2.05, 4.69) is 6.07 Å². The molecule has 3 nitrogen and oxygen atoms in total. The largest absolute Gasteiger partial charge is 0.399 e.